The van der Waals surface area contributed by atoms with Crippen LogP contribution in [0.2, 0.25) is 0 Å². The normalized spacial score (nSPS) is 27.5. The summed E-state index contributed by atoms with van der Waals surface area (Å²) in [5.74, 6) is 0. The molecule has 4 N–H and O–H groups in total. The summed E-state index contributed by atoms with van der Waals surface area (Å²) >= 11 is 7.64. The molecular formula is C25H26BBr2F2N3O7S. The Kier molecular flexibility index (Phi) is 7.94. The minimum Gasteiger partial charge on any atom is -0.394 e. The molecule has 0 spiro atoms. The number of nitrogens with zero attached hydrogens (tertiary/aromatic N) is 3. The van der Waals surface area contributed by atoms with Crippen LogP contribution in [0.5, 0.6) is 0 Å². The van der Waals surface area contributed by atoms with E-state index >= 15 is 8.63 Å². The Hall–Kier alpha value is -1.92. The second-order valence-corrected chi connectivity index (χ2v) is 12.9. The number of nitro benzene ring substituents is 1. The number of rotatable bonds is 5. The van der Waals surface area contributed by atoms with Crippen LogP contribution < -0.4 is 0 Å². The number of hydrogen-bond donors (Lipinski definition) is 4. The smallest absolute Gasteiger partial charge is 0.394 e. The summed E-state index contributed by atoms with van der Waals surface area (Å²) in [7, 11) is 0. The Bertz CT molecular complexity index is 1590. The van der Waals surface area contributed by atoms with Gasteiger partial charge in [0.15, 0.2) is 5.70 Å². The molecule has 3 aliphatic heterocycles. The molecule has 2 aromatic rings. The summed E-state index contributed by atoms with van der Waals surface area (Å²) in [5.41, 5.74) is 1.32. The van der Waals surface area contributed by atoms with Crippen LogP contribution in [0.3, 0.4) is 0 Å². The summed E-state index contributed by atoms with van der Waals surface area (Å²) in [6, 6.07) is 4.29. The highest BCUT2D eigenvalue weighted by Gasteiger charge is 2.57. The largest absolute Gasteiger partial charge is 0.737 e. The van der Waals surface area contributed by atoms with E-state index in [1.165, 1.54) is 12.1 Å². The van der Waals surface area contributed by atoms with Crippen molar-refractivity contribution in [2.75, 3.05) is 6.61 Å². The van der Waals surface area contributed by atoms with Crippen molar-refractivity contribution >= 4 is 67.6 Å². The Morgan fingerprint density at radius 3 is 2.41 bits per heavy atom. The molecule has 0 radical (unpaired) electrons. The van der Waals surface area contributed by atoms with Crippen LogP contribution in [0.4, 0.5) is 14.3 Å². The lowest BCUT2D eigenvalue weighted by atomic mass is 9.83. The highest BCUT2D eigenvalue weighted by atomic mass is 79.9. The fourth-order valence-electron chi connectivity index (χ4n) is 5.76. The maximum atomic E-state index is 16.2. The molecule has 220 valence electrons. The number of aromatic nitrogens is 1. The molecule has 1 aromatic carbocycles. The number of halogens is 4. The standard InChI is InChI=1S/C25H26BBr2F2N3O7S/c1-9-18(27)11(3)31-20(9)17(21-10(2)19(28)12(4)32(21)26(31,29)30)13-5-6-16(14(7-13)33(38)39)41-25-24(37)23(36)22(35)15(8-34)40-25/h5-7,15,22-25,34-37H,8H2,1-4H3/t15-,22?,23+,24-,25+/m0/s1. The molecule has 1 fully saturated rings. The van der Waals surface area contributed by atoms with E-state index in [4.69, 9.17) is 4.74 Å². The van der Waals surface area contributed by atoms with Crippen molar-refractivity contribution in [3.63, 3.8) is 0 Å². The first-order valence-electron chi connectivity index (χ1n) is 12.5. The van der Waals surface area contributed by atoms with Crippen LogP contribution in [0, 0.1) is 24.0 Å². The summed E-state index contributed by atoms with van der Waals surface area (Å²) in [5, 5.41) is 52.5. The van der Waals surface area contributed by atoms with Gasteiger partial charge in [-0.2, -0.15) is 0 Å². The minimum absolute atomic E-state index is 0.0722. The van der Waals surface area contributed by atoms with E-state index in [1.54, 1.807) is 33.8 Å². The van der Waals surface area contributed by atoms with Gasteiger partial charge in [0.1, 0.15) is 35.6 Å². The molecule has 1 saturated heterocycles. The molecule has 10 nitrogen and oxygen atoms in total. The van der Waals surface area contributed by atoms with Crippen molar-refractivity contribution in [3.05, 3.63) is 71.1 Å². The number of fused-ring (bicyclic) bond motifs is 2. The molecule has 3 aliphatic rings. The summed E-state index contributed by atoms with van der Waals surface area (Å²) < 4.78 is 40.9. The Labute approximate surface area is 254 Å². The second-order valence-electron chi connectivity index (χ2n) is 10.2. The third-order valence-electron chi connectivity index (χ3n) is 7.84. The summed E-state index contributed by atoms with van der Waals surface area (Å²) in [6.07, 6.45) is -6.00. The van der Waals surface area contributed by atoms with E-state index in [9.17, 15) is 30.5 Å². The molecule has 0 amide bonds. The number of ether oxygens (including phenoxy) is 1. The van der Waals surface area contributed by atoms with Gasteiger partial charge in [-0.05, 0) is 75.5 Å². The predicted octanol–water partition coefficient (Wildman–Crippen LogP) is 3.82. The molecule has 1 aromatic heterocycles. The highest BCUT2D eigenvalue weighted by Crippen LogP contribution is 2.49. The van der Waals surface area contributed by atoms with Gasteiger partial charge in [-0.1, -0.05) is 17.8 Å². The Morgan fingerprint density at radius 1 is 1.15 bits per heavy atom. The zero-order chi connectivity index (χ0) is 30.3. The SMILES string of the molecule is CC1=C(Br)C(C)=[N+]2C1=C(c1ccc(S[C@H]3O[C@@H](CO)C(O)[C@@H](O)[C@@H]3O)c([N+](=O)[O-])c1)c1c(C)c(Br)c(C)n1[B-]2(F)F. The van der Waals surface area contributed by atoms with Gasteiger partial charge in [0.2, 0.25) is 0 Å². The van der Waals surface area contributed by atoms with Crippen molar-refractivity contribution in [2.24, 2.45) is 0 Å². The number of nitro groups is 1. The highest BCUT2D eigenvalue weighted by molar-refractivity contribution is 9.12. The number of aliphatic hydroxyl groups excluding tert-OH is 4. The molecule has 4 heterocycles. The lowest BCUT2D eigenvalue weighted by molar-refractivity contribution is -0.387. The minimum atomic E-state index is -4.30. The molecule has 0 aliphatic carbocycles. The van der Waals surface area contributed by atoms with Gasteiger partial charge in [-0.3, -0.25) is 10.1 Å². The molecule has 16 heteroatoms. The van der Waals surface area contributed by atoms with Gasteiger partial charge in [0.25, 0.3) is 5.69 Å². The third kappa shape index (κ3) is 4.49. The Balaban J connectivity index is 1.70. The van der Waals surface area contributed by atoms with Gasteiger partial charge in [0.05, 0.1) is 26.5 Å². The zero-order valence-electron chi connectivity index (χ0n) is 22.2. The van der Waals surface area contributed by atoms with Crippen molar-refractivity contribution in [1.29, 1.82) is 0 Å². The fourth-order valence-corrected chi connectivity index (χ4v) is 7.66. The number of thioether (sulfide) groups is 1. The number of hydrogen-bond acceptors (Lipinski definition) is 8. The van der Waals surface area contributed by atoms with E-state index in [0.29, 0.717) is 42.6 Å². The van der Waals surface area contributed by atoms with Gasteiger partial charge >= 0.3 is 6.97 Å². The van der Waals surface area contributed by atoms with E-state index in [1.807, 2.05) is 0 Å². The lowest BCUT2D eigenvalue weighted by Gasteiger charge is -2.39. The molecule has 5 atom stereocenters. The van der Waals surface area contributed by atoms with Crippen LogP contribution in [-0.2, 0) is 4.74 Å². The quantitative estimate of drug-likeness (QED) is 0.208. The fraction of sp³-hybridized carbons (Fsp3) is 0.400. The van der Waals surface area contributed by atoms with Gasteiger partial charge < -0.3 is 42.8 Å². The zero-order valence-corrected chi connectivity index (χ0v) is 26.2. The van der Waals surface area contributed by atoms with Crippen molar-refractivity contribution in [3.8, 4) is 0 Å². The number of aliphatic hydroxyl groups is 4. The predicted molar refractivity (Wildman–Crippen MR) is 156 cm³/mol. The van der Waals surface area contributed by atoms with Crippen LogP contribution in [0.25, 0.3) is 5.57 Å². The van der Waals surface area contributed by atoms with E-state index < -0.39 is 48.4 Å². The van der Waals surface area contributed by atoms with Gasteiger partial charge in [-0.15, -0.1) is 0 Å². The van der Waals surface area contributed by atoms with Crippen molar-refractivity contribution in [2.45, 2.75) is 62.4 Å². The van der Waals surface area contributed by atoms with E-state index in [-0.39, 0.29) is 22.0 Å². The maximum Gasteiger partial charge on any atom is 0.737 e. The molecule has 0 bridgehead atoms. The van der Waals surface area contributed by atoms with E-state index in [2.05, 4.69) is 31.9 Å². The van der Waals surface area contributed by atoms with Crippen molar-refractivity contribution < 1.29 is 43.2 Å². The monoisotopic (exact) mass is 719 g/mol. The van der Waals surface area contributed by atoms with Gasteiger partial charge in [-0.25, -0.2) is 0 Å². The lowest BCUT2D eigenvalue weighted by Crippen LogP contribution is -2.57. The topological polar surface area (TPSA) is 141 Å². The molecule has 5 rings (SSSR count). The average Bonchev–Trinajstić information content (AvgIpc) is 3.30. The molecule has 41 heavy (non-hydrogen) atoms. The van der Waals surface area contributed by atoms with E-state index in [0.717, 1.165) is 20.7 Å². The first kappa shape index (κ1) is 30.5. The maximum absolute atomic E-state index is 16.2. The van der Waals surface area contributed by atoms with Crippen LogP contribution in [-0.4, -0.2) is 83.5 Å². The van der Waals surface area contributed by atoms with Crippen molar-refractivity contribution in [1.82, 2.24) is 4.48 Å². The van der Waals surface area contributed by atoms with Crippen LogP contribution in [0.1, 0.15) is 36.4 Å². The molecule has 0 saturated carbocycles. The number of benzene rings is 1. The van der Waals surface area contributed by atoms with Crippen LogP contribution in [0.15, 0.2) is 43.3 Å². The first-order chi connectivity index (χ1) is 19.1. The molecular weight excluding hydrogens is 695 g/mol. The average molecular weight is 721 g/mol. The molecule has 1 unspecified atom stereocenters. The summed E-state index contributed by atoms with van der Waals surface area (Å²) in [6.45, 7) is 1.65. The number of allylic oxidation sites excluding steroid dienone is 2. The first-order valence-corrected chi connectivity index (χ1v) is 15.0. The summed E-state index contributed by atoms with van der Waals surface area (Å²) in [4.78, 5) is 11.7. The second kappa shape index (κ2) is 10.7. The Morgan fingerprint density at radius 2 is 1.80 bits per heavy atom. The van der Waals surface area contributed by atoms with Gasteiger partial charge in [0, 0.05) is 28.7 Å². The third-order valence-corrected chi connectivity index (χ3v) is 11.4. The van der Waals surface area contributed by atoms with Crippen LogP contribution >= 0.6 is 43.6 Å².